The molecule has 1 saturated heterocycles. The number of hydrogen-bond donors (Lipinski definition) is 5. The molecule has 2 aromatic rings. The second-order valence-corrected chi connectivity index (χ2v) is 11.4. The monoisotopic (exact) mass is 532 g/mol. The second kappa shape index (κ2) is 9.29. The molecule has 2 fully saturated rings. The van der Waals surface area contributed by atoms with Gasteiger partial charge in [-0.3, -0.25) is 19.3 Å². The van der Waals surface area contributed by atoms with Crippen molar-refractivity contribution in [3.05, 3.63) is 64.4 Å². The summed E-state index contributed by atoms with van der Waals surface area (Å²) in [7, 11) is 0. The number of amides is 1. The Morgan fingerprint density at radius 1 is 1.03 bits per heavy atom. The molecular formula is C30H32N2O7. The molecule has 1 saturated carbocycles. The van der Waals surface area contributed by atoms with Gasteiger partial charge in [0.2, 0.25) is 5.91 Å². The molecule has 3 aliphatic carbocycles. The van der Waals surface area contributed by atoms with Crippen LogP contribution in [0.4, 0.5) is 0 Å². The number of phenols is 1. The molecule has 0 spiro atoms. The summed E-state index contributed by atoms with van der Waals surface area (Å²) in [4.78, 5) is 41.2. The molecular weight excluding hydrogens is 500 g/mol. The van der Waals surface area contributed by atoms with Crippen LogP contribution >= 0.6 is 0 Å². The quantitative estimate of drug-likeness (QED) is 0.374. The Labute approximate surface area is 225 Å². The van der Waals surface area contributed by atoms with E-state index < -0.39 is 52.7 Å². The van der Waals surface area contributed by atoms with Gasteiger partial charge < -0.3 is 26.2 Å². The predicted octanol–water partition coefficient (Wildman–Crippen LogP) is 2.01. The average Bonchev–Trinajstić information content (AvgIpc) is 3.40. The maximum atomic E-state index is 13.8. The van der Waals surface area contributed by atoms with Gasteiger partial charge in [-0.05, 0) is 79.4 Å². The lowest BCUT2D eigenvalue weighted by Gasteiger charge is -2.48. The number of aliphatic hydroxyl groups excluding tert-OH is 2. The van der Waals surface area contributed by atoms with Gasteiger partial charge in [-0.15, -0.1) is 0 Å². The molecule has 39 heavy (non-hydrogen) atoms. The van der Waals surface area contributed by atoms with Crippen molar-refractivity contribution in [3.63, 3.8) is 0 Å². The first-order valence-electron chi connectivity index (χ1n) is 13.5. The van der Waals surface area contributed by atoms with Crippen LogP contribution in [0.5, 0.6) is 5.75 Å². The summed E-state index contributed by atoms with van der Waals surface area (Å²) in [6.45, 7) is 3.08. The van der Waals surface area contributed by atoms with Gasteiger partial charge in [0.05, 0.1) is 11.7 Å². The lowest BCUT2D eigenvalue weighted by atomic mass is 9.57. The van der Waals surface area contributed by atoms with E-state index in [0.717, 1.165) is 30.8 Å². The molecule has 6 rings (SSSR count). The molecule has 9 heteroatoms. The van der Waals surface area contributed by atoms with Crippen molar-refractivity contribution >= 4 is 17.5 Å². The number of carbonyl (C=O) groups is 3. The van der Waals surface area contributed by atoms with Gasteiger partial charge in [0.1, 0.15) is 17.4 Å². The van der Waals surface area contributed by atoms with Gasteiger partial charge in [0.25, 0.3) is 0 Å². The van der Waals surface area contributed by atoms with E-state index in [2.05, 4.69) is 17.0 Å². The first-order chi connectivity index (χ1) is 18.6. The number of primary amides is 1. The first kappa shape index (κ1) is 25.7. The SMILES string of the molecule is NC(=O)C1C(=O)[C@@]2(O)C(O)=C3C(=O)c4c(O)ccc(-c5ccc(CN6CCCC6)cc5)c4C[C@H]3C[C@H]2CC1O. The number of aliphatic hydroxyl groups is 3. The summed E-state index contributed by atoms with van der Waals surface area (Å²) in [5, 5.41) is 43.8. The van der Waals surface area contributed by atoms with Crippen LogP contribution in [-0.2, 0) is 22.6 Å². The van der Waals surface area contributed by atoms with Gasteiger partial charge in [-0.1, -0.05) is 30.3 Å². The van der Waals surface area contributed by atoms with E-state index in [1.54, 1.807) is 6.07 Å². The minimum Gasteiger partial charge on any atom is -0.508 e. The van der Waals surface area contributed by atoms with Crippen LogP contribution in [0.25, 0.3) is 11.1 Å². The third-order valence-corrected chi connectivity index (χ3v) is 9.14. The van der Waals surface area contributed by atoms with Crippen LogP contribution in [0.1, 0.15) is 47.2 Å². The van der Waals surface area contributed by atoms with E-state index in [0.29, 0.717) is 5.56 Å². The third-order valence-electron chi connectivity index (χ3n) is 9.14. The smallest absolute Gasteiger partial charge is 0.230 e. The number of likely N-dealkylation sites (tertiary alicyclic amines) is 1. The van der Waals surface area contributed by atoms with E-state index in [1.165, 1.54) is 24.5 Å². The van der Waals surface area contributed by atoms with Gasteiger partial charge in [-0.25, -0.2) is 0 Å². The summed E-state index contributed by atoms with van der Waals surface area (Å²) >= 11 is 0. The summed E-state index contributed by atoms with van der Waals surface area (Å²) in [6.07, 6.45) is 1.34. The number of benzene rings is 2. The van der Waals surface area contributed by atoms with Gasteiger partial charge in [0, 0.05) is 18.0 Å². The zero-order valence-corrected chi connectivity index (χ0v) is 21.5. The Hall–Kier alpha value is -3.53. The second-order valence-electron chi connectivity index (χ2n) is 11.4. The van der Waals surface area contributed by atoms with Crippen molar-refractivity contribution in [2.75, 3.05) is 13.1 Å². The minimum atomic E-state index is -2.50. The molecule has 9 nitrogen and oxygen atoms in total. The number of carbonyl (C=O) groups excluding carboxylic acids is 3. The highest BCUT2D eigenvalue weighted by Crippen LogP contribution is 2.52. The molecule has 1 aliphatic heterocycles. The fourth-order valence-corrected chi connectivity index (χ4v) is 7.19. The molecule has 4 aliphatic rings. The highest BCUT2D eigenvalue weighted by Gasteiger charge is 2.62. The number of aromatic hydroxyl groups is 1. The number of rotatable bonds is 4. The standard InChI is InChI=1S/C30H32N2O7/c31-29(38)25-22(34)13-18-11-17-12-20-19(16-5-3-15(4-6-16)14-32-9-1-2-10-32)7-8-21(33)24(20)26(35)23(17)27(36)30(18,39)28(25)37/h3-8,17-18,22,25,33-34,36,39H,1-2,9-14H2,(H2,31,38)/t17-,18+,22?,25?,30+/m1/s1. The highest BCUT2D eigenvalue weighted by molar-refractivity contribution is 6.16. The fraction of sp³-hybridized carbons (Fsp3) is 0.433. The minimum absolute atomic E-state index is 0.0308. The molecule has 2 unspecified atom stereocenters. The fourth-order valence-electron chi connectivity index (χ4n) is 7.19. The number of allylic oxidation sites excluding steroid dienone is 1. The summed E-state index contributed by atoms with van der Waals surface area (Å²) < 4.78 is 0. The van der Waals surface area contributed by atoms with E-state index in [1.807, 2.05) is 12.1 Å². The maximum Gasteiger partial charge on any atom is 0.230 e. The van der Waals surface area contributed by atoms with Crippen LogP contribution in [0.15, 0.2) is 47.7 Å². The number of phenolic OH excluding ortho intramolecular Hbond substituents is 1. The lowest BCUT2D eigenvalue weighted by molar-refractivity contribution is -0.167. The van der Waals surface area contributed by atoms with Gasteiger partial charge >= 0.3 is 0 Å². The predicted molar refractivity (Wildman–Crippen MR) is 141 cm³/mol. The number of fused-ring (bicyclic) bond motifs is 3. The van der Waals surface area contributed by atoms with Crippen molar-refractivity contribution in [2.45, 2.75) is 50.4 Å². The van der Waals surface area contributed by atoms with Crippen molar-refractivity contribution in [2.24, 2.45) is 23.5 Å². The summed E-state index contributed by atoms with van der Waals surface area (Å²) in [5.41, 5.74) is 6.21. The number of ketones is 2. The number of nitrogens with zero attached hydrogens (tertiary/aromatic N) is 1. The molecule has 1 amide bonds. The first-order valence-corrected chi connectivity index (χ1v) is 13.5. The molecule has 1 heterocycles. The van der Waals surface area contributed by atoms with E-state index in [-0.39, 0.29) is 36.1 Å². The van der Waals surface area contributed by atoms with Crippen molar-refractivity contribution in [1.82, 2.24) is 4.90 Å². The zero-order chi connectivity index (χ0) is 27.6. The Bertz CT molecular complexity index is 1410. The van der Waals surface area contributed by atoms with E-state index in [4.69, 9.17) is 5.73 Å². The maximum absolute atomic E-state index is 13.8. The van der Waals surface area contributed by atoms with Crippen molar-refractivity contribution in [3.8, 4) is 16.9 Å². The zero-order valence-electron chi connectivity index (χ0n) is 21.5. The molecule has 5 atom stereocenters. The van der Waals surface area contributed by atoms with Gasteiger partial charge in [-0.2, -0.15) is 0 Å². The summed E-state index contributed by atoms with van der Waals surface area (Å²) in [5.74, 6) is -7.06. The Balaban J connectivity index is 1.39. The van der Waals surface area contributed by atoms with Crippen molar-refractivity contribution in [1.29, 1.82) is 0 Å². The Morgan fingerprint density at radius 2 is 1.72 bits per heavy atom. The highest BCUT2D eigenvalue weighted by atomic mass is 16.3. The number of nitrogens with two attached hydrogens (primary N) is 1. The average molecular weight is 533 g/mol. The third kappa shape index (κ3) is 3.91. The van der Waals surface area contributed by atoms with Crippen LogP contribution in [0, 0.1) is 17.8 Å². The van der Waals surface area contributed by atoms with Crippen LogP contribution < -0.4 is 5.73 Å². The van der Waals surface area contributed by atoms with Crippen LogP contribution in [-0.4, -0.2) is 67.6 Å². The topological polar surface area (TPSA) is 161 Å². The summed E-state index contributed by atoms with van der Waals surface area (Å²) in [6, 6.07) is 11.4. The van der Waals surface area contributed by atoms with Crippen LogP contribution in [0.3, 0.4) is 0 Å². The molecule has 2 aromatic carbocycles. The normalized spacial score (nSPS) is 30.6. The Kier molecular flexibility index (Phi) is 6.13. The lowest BCUT2D eigenvalue weighted by Crippen LogP contribution is -2.63. The van der Waals surface area contributed by atoms with E-state index >= 15 is 0 Å². The number of Topliss-reactive ketones (excluding diaryl/α,β-unsaturated/α-hetero) is 2. The molecule has 0 aromatic heterocycles. The van der Waals surface area contributed by atoms with E-state index in [9.17, 15) is 34.8 Å². The van der Waals surface area contributed by atoms with Crippen LogP contribution in [0.2, 0.25) is 0 Å². The largest absolute Gasteiger partial charge is 0.508 e. The number of hydrogen-bond acceptors (Lipinski definition) is 8. The molecule has 6 N–H and O–H groups in total. The Morgan fingerprint density at radius 3 is 2.38 bits per heavy atom. The van der Waals surface area contributed by atoms with Crippen molar-refractivity contribution < 1.29 is 34.8 Å². The van der Waals surface area contributed by atoms with Gasteiger partial charge in [0.15, 0.2) is 17.2 Å². The molecule has 0 bridgehead atoms. The molecule has 204 valence electrons. The molecule has 0 radical (unpaired) electrons.